The molecule has 2 saturated heterocycles. The minimum absolute atomic E-state index is 0.595. The van der Waals surface area contributed by atoms with Crippen molar-refractivity contribution in [2.75, 3.05) is 0 Å². The minimum atomic E-state index is 0.595. The van der Waals surface area contributed by atoms with Crippen LogP contribution in [0.2, 0.25) is 0 Å². The van der Waals surface area contributed by atoms with E-state index in [0.29, 0.717) is 12.0 Å². The quantitative estimate of drug-likeness (QED) is 0.917. The highest BCUT2D eigenvalue weighted by molar-refractivity contribution is 5.74. The van der Waals surface area contributed by atoms with Crippen LogP contribution in [0.5, 0.6) is 0 Å². The van der Waals surface area contributed by atoms with Gasteiger partial charge in [-0.1, -0.05) is 6.92 Å². The van der Waals surface area contributed by atoms with Gasteiger partial charge in [-0.25, -0.2) is 4.98 Å². The first kappa shape index (κ1) is 11.4. The van der Waals surface area contributed by atoms with Gasteiger partial charge < -0.3 is 9.88 Å². The molecule has 100 valence electrons. The highest BCUT2D eigenvalue weighted by Crippen LogP contribution is 2.40. The van der Waals surface area contributed by atoms with E-state index in [9.17, 15) is 0 Å². The zero-order valence-corrected chi connectivity index (χ0v) is 11.3. The first-order valence-corrected chi connectivity index (χ1v) is 7.43. The molecule has 0 amide bonds. The fourth-order valence-electron chi connectivity index (χ4n) is 3.85. The number of rotatable bonds is 3. The second-order valence-corrected chi connectivity index (χ2v) is 5.88. The first-order chi connectivity index (χ1) is 9.36. The van der Waals surface area contributed by atoms with E-state index in [4.69, 9.17) is 4.98 Å². The van der Waals surface area contributed by atoms with Crippen molar-refractivity contribution in [3.8, 4) is 0 Å². The molecule has 2 aliphatic heterocycles. The van der Waals surface area contributed by atoms with Crippen LogP contribution in [0.25, 0.3) is 11.0 Å². The number of nitrogens with zero attached hydrogens (tertiary/aromatic N) is 3. The monoisotopic (exact) mass is 256 g/mol. The van der Waals surface area contributed by atoms with Gasteiger partial charge in [-0.3, -0.25) is 4.98 Å². The SMILES string of the molecule is CCCn1c(C2CC3CCC2N3)nc2cnccc21. The standard InChI is InChI=1S/C15H20N4/c1-2-7-19-14-5-6-16-9-13(14)18-15(19)11-8-10-3-4-12(11)17-10/h5-6,9-12,17H,2-4,7-8H2,1H3. The van der Waals surface area contributed by atoms with Crippen molar-refractivity contribution in [1.82, 2.24) is 19.9 Å². The molecule has 3 atom stereocenters. The lowest BCUT2D eigenvalue weighted by Crippen LogP contribution is -2.23. The summed E-state index contributed by atoms with van der Waals surface area (Å²) in [5.74, 6) is 1.88. The maximum Gasteiger partial charge on any atom is 0.114 e. The third-order valence-corrected chi connectivity index (χ3v) is 4.66. The fourth-order valence-corrected chi connectivity index (χ4v) is 3.85. The summed E-state index contributed by atoms with van der Waals surface area (Å²) < 4.78 is 2.42. The van der Waals surface area contributed by atoms with Gasteiger partial charge >= 0.3 is 0 Å². The molecule has 2 aromatic heterocycles. The Morgan fingerprint density at radius 2 is 2.37 bits per heavy atom. The molecule has 0 aliphatic carbocycles. The van der Waals surface area contributed by atoms with Gasteiger partial charge in [0.15, 0.2) is 0 Å². The van der Waals surface area contributed by atoms with Crippen LogP contribution in [0.4, 0.5) is 0 Å². The number of pyridine rings is 1. The van der Waals surface area contributed by atoms with Crippen molar-refractivity contribution in [1.29, 1.82) is 0 Å². The topological polar surface area (TPSA) is 42.7 Å². The van der Waals surface area contributed by atoms with E-state index in [-0.39, 0.29) is 0 Å². The molecule has 4 rings (SSSR count). The molecule has 2 aromatic rings. The van der Waals surface area contributed by atoms with Crippen LogP contribution in [-0.4, -0.2) is 26.6 Å². The van der Waals surface area contributed by atoms with Crippen LogP contribution in [0.1, 0.15) is 44.3 Å². The minimum Gasteiger partial charge on any atom is -0.328 e. The Morgan fingerprint density at radius 1 is 1.42 bits per heavy atom. The van der Waals surface area contributed by atoms with Crippen LogP contribution in [0.15, 0.2) is 18.5 Å². The Kier molecular flexibility index (Phi) is 2.58. The van der Waals surface area contributed by atoms with Crippen molar-refractivity contribution >= 4 is 11.0 Å². The molecule has 3 unspecified atom stereocenters. The second kappa shape index (κ2) is 4.30. The summed E-state index contributed by atoms with van der Waals surface area (Å²) >= 11 is 0. The second-order valence-electron chi connectivity index (χ2n) is 5.88. The van der Waals surface area contributed by atoms with E-state index in [1.807, 2.05) is 12.4 Å². The normalized spacial score (nSPS) is 29.4. The number of aromatic nitrogens is 3. The third-order valence-electron chi connectivity index (χ3n) is 4.66. The van der Waals surface area contributed by atoms with E-state index in [2.05, 4.69) is 27.9 Å². The fraction of sp³-hybridized carbons (Fsp3) is 0.600. The van der Waals surface area contributed by atoms with Gasteiger partial charge in [0.1, 0.15) is 11.3 Å². The maximum atomic E-state index is 4.89. The molecule has 4 heterocycles. The molecule has 19 heavy (non-hydrogen) atoms. The zero-order valence-electron chi connectivity index (χ0n) is 11.3. The molecule has 1 N–H and O–H groups in total. The van der Waals surface area contributed by atoms with Crippen molar-refractivity contribution < 1.29 is 0 Å². The third kappa shape index (κ3) is 1.70. The molecular formula is C15H20N4. The number of nitrogens with one attached hydrogen (secondary N) is 1. The van der Waals surface area contributed by atoms with Crippen molar-refractivity contribution in [3.63, 3.8) is 0 Å². The predicted octanol–water partition coefficient (Wildman–Crippen LogP) is 2.45. The molecule has 4 nitrogen and oxygen atoms in total. The summed E-state index contributed by atoms with van der Waals surface area (Å²) in [5, 5.41) is 3.72. The first-order valence-electron chi connectivity index (χ1n) is 7.43. The van der Waals surface area contributed by atoms with Gasteiger partial charge in [0.2, 0.25) is 0 Å². The van der Waals surface area contributed by atoms with Crippen molar-refractivity contribution in [2.24, 2.45) is 0 Å². The van der Waals surface area contributed by atoms with E-state index < -0.39 is 0 Å². The number of hydrogen-bond donors (Lipinski definition) is 1. The molecule has 0 aromatic carbocycles. The van der Waals surface area contributed by atoms with E-state index in [0.717, 1.165) is 24.5 Å². The predicted molar refractivity (Wildman–Crippen MR) is 75.1 cm³/mol. The average Bonchev–Trinajstić information content (AvgIpc) is 3.12. The van der Waals surface area contributed by atoms with Crippen LogP contribution >= 0.6 is 0 Å². The van der Waals surface area contributed by atoms with Gasteiger partial charge in [-0.05, 0) is 31.7 Å². The van der Waals surface area contributed by atoms with Crippen LogP contribution in [0, 0.1) is 0 Å². The molecule has 0 spiro atoms. The lowest BCUT2D eigenvalue weighted by Gasteiger charge is -2.21. The highest BCUT2D eigenvalue weighted by Gasteiger charge is 2.41. The van der Waals surface area contributed by atoms with E-state index >= 15 is 0 Å². The maximum absolute atomic E-state index is 4.89. The molecule has 2 fully saturated rings. The Morgan fingerprint density at radius 3 is 3.11 bits per heavy atom. The smallest absolute Gasteiger partial charge is 0.114 e. The summed E-state index contributed by atoms with van der Waals surface area (Å²) in [6.07, 6.45) is 8.82. The molecule has 0 radical (unpaired) electrons. The Labute approximate surface area is 113 Å². The number of hydrogen-bond acceptors (Lipinski definition) is 3. The van der Waals surface area contributed by atoms with E-state index in [1.165, 1.54) is 30.6 Å². The summed E-state index contributed by atoms with van der Waals surface area (Å²) in [6.45, 7) is 3.29. The van der Waals surface area contributed by atoms with Gasteiger partial charge in [0.25, 0.3) is 0 Å². The Balaban J connectivity index is 1.82. The van der Waals surface area contributed by atoms with Gasteiger partial charge in [0.05, 0.1) is 11.7 Å². The largest absolute Gasteiger partial charge is 0.328 e. The molecule has 2 bridgehead atoms. The summed E-state index contributed by atoms with van der Waals surface area (Å²) in [4.78, 5) is 9.10. The van der Waals surface area contributed by atoms with Crippen LogP contribution < -0.4 is 5.32 Å². The van der Waals surface area contributed by atoms with Crippen LogP contribution in [0.3, 0.4) is 0 Å². The van der Waals surface area contributed by atoms with Gasteiger partial charge in [-0.2, -0.15) is 0 Å². The highest BCUT2D eigenvalue weighted by atomic mass is 15.1. The molecule has 0 saturated carbocycles. The lowest BCUT2D eigenvalue weighted by molar-refractivity contribution is 0.467. The summed E-state index contributed by atoms with van der Waals surface area (Å²) in [7, 11) is 0. The summed E-state index contributed by atoms with van der Waals surface area (Å²) in [5.41, 5.74) is 2.29. The Bertz CT molecular complexity index is 603. The molecule has 4 heteroatoms. The molecular weight excluding hydrogens is 236 g/mol. The lowest BCUT2D eigenvalue weighted by atomic mass is 9.88. The Hall–Kier alpha value is -1.42. The van der Waals surface area contributed by atoms with Crippen LogP contribution in [-0.2, 0) is 6.54 Å². The zero-order chi connectivity index (χ0) is 12.8. The summed E-state index contributed by atoms with van der Waals surface area (Å²) in [6, 6.07) is 3.47. The molecule has 2 aliphatic rings. The number of fused-ring (bicyclic) bond motifs is 3. The number of imidazole rings is 1. The van der Waals surface area contributed by atoms with Gasteiger partial charge in [-0.15, -0.1) is 0 Å². The van der Waals surface area contributed by atoms with E-state index in [1.54, 1.807) is 0 Å². The van der Waals surface area contributed by atoms with Crippen molar-refractivity contribution in [2.45, 2.75) is 57.2 Å². The van der Waals surface area contributed by atoms with Crippen molar-refractivity contribution in [3.05, 3.63) is 24.3 Å². The number of aryl methyl sites for hydroxylation is 1. The average molecular weight is 256 g/mol. The van der Waals surface area contributed by atoms with Gasteiger partial charge in [0, 0.05) is 30.7 Å².